The third kappa shape index (κ3) is 1.21. The molecular formula is C10H20. The van der Waals surface area contributed by atoms with Crippen molar-refractivity contribution in [2.45, 2.75) is 47.5 Å². The molecule has 0 spiro atoms. The summed E-state index contributed by atoms with van der Waals surface area (Å²) in [5, 5.41) is 0. The van der Waals surface area contributed by atoms with Gasteiger partial charge in [0, 0.05) is 0 Å². The Morgan fingerprint density at radius 2 is 1.60 bits per heavy atom. The van der Waals surface area contributed by atoms with Crippen molar-refractivity contribution in [2.75, 3.05) is 0 Å². The maximum absolute atomic E-state index is 2.42. The van der Waals surface area contributed by atoms with Gasteiger partial charge in [0.25, 0.3) is 0 Å². The Labute approximate surface area is 65.0 Å². The van der Waals surface area contributed by atoms with Crippen LogP contribution in [-0.4, -0.2) is 0 Å². The average Bonchev–Trinajstić information content (AvgIpc) is 2.01. The summed E-state index contributed by atoms with van der Waals surface area (Å²) in [5.74, 6) is 0.867. The van der Waals surface area contributed by atoms with E-state index in [-0.39, 0.29) is 0 Å². The molecule has 1 atom stereocenters. The van der Waals surface area contributed by atoms with Crippen molar-refractivity contribution < 1.29 is 0 Å². The number of hydrogen-bond acceptors (Lipinski definition) is 0. The van der Waals surface area contributed by atoms with Crippen molar-refractivity contribution in [1.29, 1.82) is 0 Å². The summed E-state index contributed by atoms with van der Waals surface area (Å²) in [5.41, 5.74) is 1.30. The molecule has 0 nitrogen and oxygen atoms in total. The Hall–Kier alpha value is 0. The topological polar surface area (TPSA) is 0 Å². The van der Waals surface area contributed by atoms with Crippen LogP contribution in [0.25, 0.3) is 0 Å². The molecule has 0 aromatic carbocycles. The van der Waals surface area contributed by atoms with Gasteiger partial charge in [-0.2, -0.15) is 0 Å². The van der Waals surface area contributed by atoms with Crippen molar-refractivity contribution in [3.05, 3.63) is 0 Å². The maximum atomic E-state index is 2.42. The molecule has 1 aliphatic rings. The molecule has 0 heterocycles. The van der Waals surface area contributed by atoms with Crippen LogP contribution in [0.2, 0.25) is 0 Å². The monoisotopic (exact) mass is 140 g/mol. The van der Waals surface area contributed by atoms with Gasteiger partial charge < -0.3 is 0 Å². The van der Waals surface area contributed by atoms with E-state index in [1.807, 2.05) is 0 Å². The fourth-order valence-corrected chi connectivity index (χ4v) is 2.18. The van der Waals surface area contributed by atoms with Crippen molar-refractivity contribution in [3.8, 4) is 0 Å². The molecule has 0 N–H and O–H groups in total. The lowest BCUT2D eigenvalue weighted by Crippen LogP contribution is -2.07. The third-order valence-electron chi connectivity index (χ3n) is 3.20. The summed E-state index contributed by atoms with van der Waals surface area (Å²) in [7, 11) is 0. The van der Waals surface area contributed by atoms with Crippen LogP contribution in [-0.2, 0) is 0 Å². The first-order valence-electron chi connectivity index (χ1n) is 4.37. The Kier molecular flexibility index (Phi) is 1.61. The molecule has 10 heavy (non-hydrogen) atoms. The highest BCUT2D eigenvalue weighted by atomic mass is 14.6. The molecule has 1 rings (SSSR count). The SMILES string of the molecule is CC(C)CC1(C)CC1(C)C. The molecule has 1 aliphatic carbocycles. The summed E-state index contributed by atoms with van der Waals surface area (Å²) in [4.78, 5) is 0. The van der Waals surface area contributed by atoms with Crippen molar-refractivity contribution >= 4 is 0 Å². The van der Waals surface area contributed by atoms with Gasteiger partial charge in [-0.1, -0.05) is 34.6 Å². The first kappa shape index (κ1) is 8.10. The molecule has 1 saturated carbocycles. The highest BCUT2D eigenvalue weighted by Crippen LogP contribution is 2.65. The van der Waals surface area contributed by atoms with Gasteiger partial charge in [0.05, 0.1) is 0 Å². The molecule has 1 unspecified atom stereocenters. The summed E-state index contributed by atoms with van der Waals surface area (Å²) in [6.07, 6.45) is 2.83. The second-order valence-electron chi connectivity index (χ2n) is 5.22. The molecule has 0 heteroatoms. The Morgan fingerprint density at radius 3 is 1.70 bits per heavy atom. The van der Waals surface area contributed by atoms with Gasteiger partial charge in [-0.05, 0) is 29.6 Å². The van der Waals surface area contributed by atoms with Gasteiger partial charge in [-0.3, -0.25) is 0 Å². The van der Waals surface area contributed by atoms with Crippen LogP contribution in [0.5, 0.6) is 0 Å². The molecular weight excluding hydrogens is 120 g/mol. The van der Waals surface area contributed by atoms with Crippen LogP contribution < -0.4 is 0 Å². The van der Waals surface area contributed by atoms with Crippen LogP contribution in [0.1, 0.15) is 47.5 Å². The van der Waals surface area contributed by atoms with Gasteiger partial charge in [0.2, 0.25) is 0 Å². The summed E-state index contributed by atoms with van der Waals surface area (Å²) < 4.78 is 0. The van der Waals surface area contributed by atoms with Gasteiger partial charge in [-0.15, -0.1) is 0 Å². The van der Waals surface area contributed by atoms with E-state index < -0.39 is 0 Å². The summed E-state index contributed by atoms with van der Waals surface area (Å²) in [6, 6.07) is 0. The van der Waals surface area contributed by atoms with Crippen molar-refractivity contribution in [2.24, 2.45) is 16.7 Å². The third-order valence-corrected chi connectivity index (χ3v) is 3.20. The minimum Gasteiger partial charge on any atom is -0.0628 e. The molecule has 0 aromatic rings. The van der Waals surface area contributed by atoms with E-state index in [4.69, 9.17) is 0 Å². The minimum atomic E-state index is 0.636. The van der Waals surface area contributed by atoms with E-state index in [1.54, 1.807) is 0 Å². The van der Waals surface area contributed by atoms with E-state index in [0.29, 0.717) is 10.8 Å². The Bertz CT molecular complexity index is 133. The van der Waals surface area contributed by atoms with E-state index >= 15 is 0 Å². The van der Waals surface area contributed by atoms with Crippen LogP contribution in [0.3, 0.4) is 0 Å². The minimum absolute atomic E-state index is 0.636. The smallest absolute Gasteiger partial charge is 0.0267 e. The zero-order valence-corrected chi connectivity index (χ0v) is 7.99. The molecule has 0 bridgehead atoms. The van der Waals surface area contributed by atoms with E-state index in [0.717, 1.165) is 5.92 Å². The van der Waals surface area contributed by atoms with Gasteiger partial charge >= 0.3 is 0 Å². The van der Waals surface area contributed by atoms with E-state index in [9.17, 15) is 0 Å². The standard InChI is InChI=1S/C10H20/c1-8(2)6-10(5)7-9(10,3)4/h8H,6-7H2,1-5H3. The zero-order chi connectivity index (χ0) is 7.99. The molecule has 1 fully saturated rings. The summed E-state index contributed by atoms with van der Waals surface area (Å²) >= 11 is 0. The molecule has 0 saturated heterocycles. The number of rotatable bonds is 2. The Balaban J connectivity index is 2.44. The highest BCUT2D eigenvalue weighted by molar-refractivity contribution is 5.06. The fraction of sp³-hybridized carbons (Fsp3) is 1.00. The molecule has 0 amide bonds. The Morgan fingerprint density at radius 1 is 1.20 bits per heavy atom. The lowest BCUT2D eigenvalue weighted by molar-refractivity contribution is 0.339. The van der Waals surface area contributed by atoms with Crippen LogP contribution in [0.15, 0.2) is 0 Å². The summed E-state index contributed by atoms with van der Waals surface area (Å²) in [6.45, 7) is 11.8. The quantitative estimate of drug-likeness (QED) is 0.551. The van der Waals surface area contributed by atoms with Gasteiger partial charge in [0.15, 0.2) is 0 Å². The molecule has 0 aliphatic heterocycles. The van der Waals surface area contributed by atoms with Gasteiger partial charge in [-0.25, -0.2) is 0 Å². The lowest BCUT2D eigenvalue weighted by Gasteiger charge is -2.16. The van der Waals surface area contributed by atoms with Crippen LogP contribution in [0, 0.1) is 16.7 Å². The van der Waals surface area contributed by atoms with Crippen molar-refractivity contribution in [1.82, 2.24) is 0 Å². The fourth-order valence-electron chi connectivity index (χ4n) is 2.18. The molecule has 60 valence electrons. The highest BCUT2D eigenvalue weighted by Gasteiger charge is 2.56. The molecule has 0 radical (unpaired) electrons. The largest absolute Gasteiger partial charge is 0.0628 e. The predicted molar refractivity (Wildman–Crippen MR) is 46.0 cm³/mol. The molecule has 0 aromatic heterocycles. The zero-order valence-electron chi connectivity index (χ0n) is 7.99. The number of hydrogen-bond donors (Lipinski definition) is 0. The second-order valence-corrected chi connectivity index (χ2v) is 5.22. The second kappa shape index (κ2) is 1.99. The lowest BCUT2D eigenvalue weighted by atomic mass is 9.89. The first-order chi connectivity index (χ1) is 4.37. The van der Waals surface area contributed by atoms with E-state index in [2.05, 4.69) is 34.6 Å². The maximum Gasteiger partial charge on any atom is -0.0267 e. The average molecular weight is 140 g/mol. The normalized spacial score (nSPS) is 36.6. The van der Waals surface area contributed by atoms with Gasteiger partial charge in [0.1, 0.15) is 0 Å². The van der Waals surface area contributed by atoms with Crippen molar-refractivity contribution in [3.63, 3.8) is 0 Å². The predicted octanol–water partition coefficient (Wildman–Crippen LogP) is 3.47. The van der Waals surface area contributed by atoms with Crippen LogP contribution in [0.4, 0.5) is 0 Å². The van der Waals surface area contributed by atoms with Crippen LogP contribution >= 0.6 is 0 Å². The van der Waals surface area contributed by atoms with E-state index in [1.165, 1.54) is 12.8 Å². The first-order valence-corrected chi connectivity index (χ1v) is 4.37.